The average molecular weight is 700 g/mol. The van der Waals surface area contributed by atoms with Gasteiger partial charge in [0.25, 0.3) is 0 Å². The summed E-state index contributed by atoms with van der Waals surface area (Å²) in [5.74, 6) is 0. The van der Waals surface area contributed by atoms with E-state index in [1.807, 2.05) is 18.2 Å². The minimum atomic E-state index is 0.591. The fourth-order valence-electron chi connectivity index (χ4n) is 8.74. The predicted octanol–water partition coefficient (Wildman–Crippen LogP) is 13.1. The van der Waals surface area contributed by atoms with Gasteiger partial charge in [-0.1, -0.05) is 115 Å². The molecular formula is C50H29N5. The van der Waals surface area contributed by atoms with E-state index in [1.54, 1.807) is 0 Å². The Labute approximate surface area is 316 Å². The van der Waals surface area contributed by atoms with Gasteiger partial charge in [-0.05, 0) is 71.8 Å². The van der Waals surface area contributed by atoms with E-state index in [4.69, 9.17) is 6.57 Å². The Hall–Kier alpha value is -7.86. The van der Waals surface area contributed by atoms with Crippen molar-refractivity contribution in [2.24, 2.45) is 0 Å². The molecule has 0 saturated carbocycles. The SMILES string of the molecule is [C-]#[N+]c1ccc2c3cccc(-n4c5ccccc5c5ccccc54)c3n(-c3ccc(-c4ccc(-n5c6ccccc6c6ccccc65)cc4C#N)cc3)c2c1. The Kier molecular flexibility index (Phi) is 6.61. The molecule has 11 rings (SSSR count). The van der Waals surface area contributed by atoms with Crippen molar-refractivity contribution >= 4 is 71.1 Å². The van der Waals surface area contributed by atoms with Gasteiger partial charge in [0.2, 0.25) is 0 Å². The molecule has 5 heteroatoms. The maximum atomic E-state index is 10.5. The molecule has 0 bridgehead atoms. The van der Waals surface area contributed by atoms with Crippen LogP contribution in [0.15, 0.2) is 176 Å². The molecule has 0 amide bonds. The van der Waals surface area contributed by atoms with Gasteiger partial charge in [-0.25, -0.2) is 4.85 Å². The van der Waals surface area contributed by atoms with Crippen molar-refractivity contribution in [1.29, 1.82) is 5.26 Å². The van der Waals surface area contributed by atoms with E-state index in [9.17, 15) is 5.26 Å². The van der Waals surface area contributed by atoms with E-state index in [-0.39, 0.29) is 0 Å². The quantitative estimate of drug-likeness (QED) is 0.169. The highest BCUT2D eigenvalue weighted by molar-refractivity contribution is 6.15. The van der Waals surface area contributed by atoms with Crippen molar-refractivity contribution in [3.63, 3.8) is 0 Å². The Morgan fingerprint density at radius 1 is 0.436 bits per heavy atom. The topological polar surface area (TPSA) is 42.9 Å². The second kappa shape index (κ2) is 11.8. The average Bonchev–Trinajstić information content (AvgIpc) is 3.89. The molecule has 0 aliphatic rings. The number of nitrogens with zero attached hydrogens (tertiary/aromatic N) is 5. The molecule has 5 nitrogen and oxygen atoms in total. The molecule has 0 saturated heterocycles. The Morgan fingerprint density at radius 2 is 0.964 bits per heavy atom. The van der Waals surface area contributed by atoms with Gasteiger partial charge < -0.3 is 13.7 Å². The van der Waals surface area contributed by atoms with Gasteiger partial charge in [0.15, 0.2) is 5.69 Å². The van der Waals surface area contributed by atoms with Gasteiger partial charge in [-0.15, -0.1) is 0 Å². The van der Waals surface area contributed by atoms with Crippen molar-refractivity contribution in [3.8, 4) is 34.3 Å². The molecule has 254 valence electrons. The predicted molar refractivity (Wildman–Crippen MR) is 226 cm³/mol. The van der Waals surface area contributed by atoms with Gasteiger partial charge >= 0.3 is 0 Å². The normalized spacial score (nSPS) is 11.6. The Morgan fingerprint density at radius 3 is 1.55 bits per heavy atom. The summed E-state index contributed by atoms with van der Waals surface area (Å²) in [6, 6.07) is 63.6. The molecule has 3 aromatic heterocycles. The molecule has 0 spiro atoms. The Balaban J connectivity index is 1.10. The number of aromatic nitrogens is 3. The highest BCUT2D eigenvalue weighted by Gasteiger charge is 2.21. The van der Waals surface area contributed by atoms with Gasteiger partial charge in [-0.2, -0.15) is 5.26 Å². The first-order valence-electron chi connectivity index (χ1n) is 18.3. The van der Waals surface area contributed by atoms with E-state index in [2.05, 4.69) is 182 Å². The monoisotopic (exact) mass is 699 g/mol. The summed E-state index contributed by atoms with van der Waals surface area (Å²) in [4.78, 5) is 3.81. The number of hydrogen-bond acceptors (Lipinski definition) is 1. The van der Waals surface area contributed by atoms with E-state index in [0.717, 1.165) is 72.1 Å². The minimum absolute atomic E-state index is 0.591. The molecule has 3 heterocycles. The van der Waals surface area contributed by atoms with Crippen molar-refractivity contribution in [2.45, 2.75) is 0 Å². The van der Waals surface area contributed by atoms with Gasteiger partial charge in [0.1, 0.15) is 0 Å². The van der Waals surface area contributed by atoms with Crippen molar-refractivity contribution in [1.82, 2.24) is 13.7 Å². The largest absolute Gasteiger partial charge is 0.309 e. The van der Waals surface area contributed by atoms with Gasteiger partial charge in [-0.3, -0.25) is 0 Å². The first-order valence-corrected chi connectivity index (χ1v) is 18.3. The highest BCUT2D eigenvalue weighted by atomic mass is 15.1. The summed E-state index contributed by atoms with van der Waals surface area (Å²) in [7, 11) is 0. The summed E-state index contributed by atoms with van der Waals surface area (Å²) in [5, 5.41) is 17.5. The van der Waals surface area contributed by atoms with Crippen molar-refractivity contribution in [2.75, 3.05) is 0 Å². The molecule has 11 aromatic rings. The number of rotatable bonds is 4. The third kappa shape index (κ3) is 4.45. The minimum Gasteiger partial charge on any atom is -0.309 e. The lowest BCUT2D eigenvalue weighted by Gasteiger charge is -2.15. The lowest BCUT2D eigenvalue weighted by Crippen LogP contribution is -2.00. The summed E-state index contributed by atoms with van der Waals surface area (Å²) >= 11 is 0. The van der Waals surface area contributed by atoms with E-state index >= 15 is 0 Å². The molecule has 0 fully saturated rings. The van der Waals surface area contributed by atoms with Crippen LogP contribution in [0.2, 0.25) is 0 Å². The molecule has 0 N–H and O–H groups in total. The van der Waals surface area contributed by atoms with Crippen LogP contribution in [0.25, 0.3) is 98.5 Å². The van der Waals surface area contributed by atoms with Crippen LogP contribution < -0.4 is 0 Å². The molecule has 8 aromatic carbocycles. The summed E-state index contributed by atoms with van der Waals surface area (Å²) in [6.07, 6.45) is 0. The first-order chi connectivity index (χ1) is 27.2. The standard InChI is InChI=1S/C50H29N5/c1-52-34-23-27-42-43-15-10-20-48(55-46-18-8-4-13-40(46)41-14-5-9-19-47(41)55)50(43)54(49(42)30-34)35-24-21-32(22-25-35)37-28-26-36(29-33(37)31-51)53-44-16-6-2-11-38(44)39-12-3-7-17-45(39)53/h2-30H. The third-order valence-electron chi connectivity index (χ3n) is 11.1. The van der Waals surface area contributed by atoms with Gasteiger partial charge in [0.05, 0.1) is 51.5 Å². The zero-order valence-electron chi connectivity index (χ0n) is 29.5. The lowest BCUT2D eigenvalue weighted by molar-refractivity contribution is 1.13. The number of fused-ring (bicyclic) bond motifs is 9. The van der Waals surface area contributed by atoms with Gasteiger partial charge in [0, 0.05) is 49.2 Å². The second-order valence-corrected chi connectivity index (χ2v) is 13.9. The summed E-state index contributed by atoms with van der Waals surface area (Å²) in [5.41, 5.74) is 12.5. The molecule has 0 aliphatic heterocycles. The van der Waals surface area contributed by atoms with E-state index in [1.165, 1.54) is 21.5 Å². The van der Waals surface area contributed by atoms with Crippen LogP contribution in [0.1, 0.15) is 5.56 Å². The number of hydrogen-bond donors (Lipinski definition) is 0. The highest BCUT2D eigenvalue weighted by Crippen LogP contribution is 2.41. The first kappa shape index (κ1) is 30.7. The van der Waals surface area contributed by atoms with Crippen LogP contribution in [0.5, 0.6) is 0 Å². The van der Waals surface area contributed by atoms with Crippen LogP contribution >= 0.6 is 0 Å². The van der Waals surface area contributed by atoms with Crippen LogP contribution in [0.4, 0.5) is 5.69 Å². The molecule has 0 radical (unpaired) electrons. The Bertz CT molecular complexity index is 3350. The van der Waals surface area contributed by atoms with E-state index in [0.29, 0.717) is 11.3 Å². The van der Waals surface area contributed by atoms with Crippen molar-refractivity contribution < 1.29 is 0 Å². The fourth-order valence-corrected chi connectivity index (χ4v) is 8.74. The maximum absolute atomic E-state index is 10.5. The fraction of sp³-hybridized carbons (Fsp3) is 0. The summed E-state index contributed by atoms with van der Waals surface area (Å²) in [6.45, 7) is 7.85. The molecule has 0 unspecified atom stereocenters. The van der Waals surface area contributed by atoms with Crippen LogP contribution in [0, 0.1) is 17.9 Å². The van der Waals surface area contributed by atoms with Crippen LogP contribution in [-0.2, 0) is 0 Å². The molecule has 0 aliphatic carbocycles. The van der Waals surface area contributed by atoms with Crippen LogP contribution in [0.3, 0.4) is 0 Å². The van der Waals surface area contributed by atoms with Crippen molar-refractivity contribution in [3.05, 3.63) is 193 Å². The number of benzene rings is 8. The molecule has 0 atom stereocenters. The smallest absolute Gasteiger partial charge is 0.189 e. The zero-order valence-corrected chi connectivity index (χ0v) is 29.5. The maximum Gasteiger partial charge on any atom is 0.189 e. The molecule has 55 heavy (non-hydrogen) atoms. The number of para-hydroxylation sites is 5. The zero-order chi connectivity index (χ0) is 36.6. The summed E-state index contributed by atoms with van der Waals surface area (Å²) < 4.78 is 6.90. The molecular weight excluding hydrogens is 671 g/mol. The lowest BCUT2D eigenvalue weighted by atomic mass is 9.99. The van der Waals surface area contributed by atoms with Crippen LogP contribution in [-0.4, -0.2) is 13.7 Å². The number of nitriles is 1. The second-order valence-electron chi connectivity index (χ2n) is 13.9. The third-order valence-corrected chi connectivity index (χ3v) is 11.1. The van der Waals surface area contributed by atoms with E-state index < -0.39 is 0 Å².